The van der Waals surface area contributed by atoms with Gasteiger partial charge < -0.3 is 14.9 Å². The van der Waals surface area contributed by atoms with Crippen LogP contribution >= 0.6 is 0 Å². The molecule has 3 heteroatoms. The van der Waals surface area contributed by atoms with Crippen LogP contribution in [0.2, 0.25) is 0 Å². The molecule has 0 saturated heterocycles. The van der Waals surface area contributed by atoms with Crippen molar-refractivity contribution in [3.05, 3.63) is 29.8 Å². The first-order valence-electron chi connectivity index (χ1n) is 5.64. The van der Waals surface area contributed by atoms with Crippen LogP contribution in [-0.2, 0) is 6.42 Å². The smallest absolute Gasteiger partial charge is 0.119 e. The van der Waals surface area contributed by atoms with Crippen molar-refractivity contribution in [1.29, 1.82) is 0 Å². The largest absolute Gasteiger partial charge is 0.497 e. The molecule has 0 aromatic heterocycles. The average molecular weight is 224 g/mol. The summed E-state index contributed by atoms with van der Waals surface area (Å²) in [6, 6.07) is 7.88. The molecule has 90 valence electrons. The fourth-order valence-electron chi connectivity index (χ4n) is 1.77. The minimum Gasteiger partial charge on any atom is -0.497 e. The van der Waals surface area contributed by atoms with Gasteiger partial charge in [0, 0.05) is 13.2 Å². The summed E-state index contributed by atoms with van der Waals surface area (Å²) in [5, 5.41) is 18.0. The van der Waals surface area contributed by atoms with Gasteiger partial charge in [0.05, 0.1) is 7.11 Å². The average Bonchev–Trinajstić information content (AvgIpc) is 2.34. The van der Waals surface area contributed by atoms with Crippen molar-refractivity contribution < 1.29 is 14.9 Å². The van der Waals surface area contributed by atoms with E-state index < -0.39 is 0 Å². The lowest BCUT2D eigenvalue weighted by Gasteiger charge is -2.13. The molecule has 1 aromatic rings. The Kier molecular flexibility index (Phi) is 5.90. The van der Waals surface area contributed by atoms with Crippen molar-refractivity contribution in [3.63, 3.8) is 0 Å². The Labute approximate surface area is 96.7 Å². The van der Waals surface area contributed by atoms with E-state index in [0.29, 0.717) is 0 Å². The van der Waals surface area contributed by atoms with Gasteiger partial charge in [-0.15, -0.1) is 0 Å². The van der Waals surface area contributed by atoms with Crippen LogP contribution in [0.4, 0.5) is 0 Å². The Balaban J connectivity index is 2.55. The minimum atomic E-state index is 0.164. The van der Waals surface area contributed by atoms with Gasteiger partial charge in [-0.25, -0.2) is 0 Å². The number of rotatable bonds is 7. The van der Waals surface area contributed by atoms with Crippen LogP contribution in [0, 0.1) is 5.92 Å². The molecule has 16 heavy (non-hydrogen) atoms. The SMILES string of the molecule is COc1cccc(CC(CO)CCCO)c1. The second-order valence-corrected chi connectivity index (χ2v) is 3.97. The Bertz CT molecular complexity index is 299. The molecule has 2 N–H and O–H groups in total. The summed E-state index contributed by atoms with van der Waals surface area (Å²) >= 11 is 0. The van der Waals surface area contributed by atoms with Gasteiger partial charge >= 0.3 is 0 Å². The summed E-state index contributed by atoms with van der Waals surface area (Å²) in [7, 11) is 1.65. The van der Waals surface area contributed by atoms with Crippen LogP contribution in [0.5, 0.6) is 5.75 Å². The molecule has 0 amide bonds. The van der Waals surface area contributed by atoms with E-state index in [0.717, 1.165) is 30.6 Å². The number of hydrogen-bond acceptors (Lipinski definition) is 3. The fourth-order valence-corrected chi connectivity index (χ4v) is 1.77. The molecule has 0 aliphatic carbocycles. The number of hydrogen-bond donors (Lipinski definition) is 2. The van der Waals surface area contributed by atoms with E-state index in [1.165, 1.54) is 0 Å². The second-order valence-electron chi connectivity index (χ2n) is 3.97. The van der Waals surface area contributed by atoms with E-state index >= 15 is 0 Å². The molecule has 0 saturated carbocycles. The zero-order valence-electron chi connectivity index (χ0n) is 9.72. The van der Waals surface area contributed by atoms with Crippen LogP contribution < -0.4 is 4.74 Å². The third-order valence-corrected chi connectivity index (χ3v) is 2.69. The number of methoxy groups -OCH3 is 1. The molecule has 0 radical (unpaired) electrons. The van der Waals surface area contributed by atoms with Gasteiger partial charge in [-0.3, -0.25) is 0 Å². The predicted octanol–water partition coefficient (Wildman–Crippen LogP) is 1.62. The van der Waals surface area contributed by atoms with Crippen LogP contribution in [0.15, 0.2) is 24.3 Å². The monoisotopic (exact) mass is 224 g/mol. The third kappa shape index (κ3) is 4.21. The second kappa shape index (κ2) is 7.25. The molecule has 0 fully saturated rings. The lowest BCUT2D eigenvalue weighted by Crippen LogP contribution is -2.10. The standard InChI is InChI=1S/C13H20O3/c1-16-13-6-2-4-11(9-13)8-12(10-15)5-3-7-14/h2,4,6,9,12,14-15H,3,5,7-8,10H2,1H3. The van der Waals surface area contributed by atoms with Crippen molar-refractivity contribution in [2.75, 3.05) is 20.3 Å². The number of ether oxygens (including phenoxy) is 1. The van der Waals surface area contributed by atoms with Crippen molar-refractivity contribution in [2.24, 2.45) is 5.92 Å². The maximum absolute atomic E-state index is 9.23. The highest BCUT2D eigenvalue weighted by Crippen LogP contribution is 2.18. The lowest BCUT2D eigenvalue weighted by atomic mass is 9.95. The Hall–Kier alpha value is -1.06. The number of aliphatic hydroxyl groups excluding tert-OH is 2. The van der Waals surface area contributed by atoms with Crippen LogP contribution in [0.1, 0.15) is 18.4 Å². The van der Waals surface area contributed by atoms with E-state index in [-0.39, 0.29) is 19.1 Å². The molecule has 0 aliphatic rings. The first-order valence-corrected chi connectivity index (χ1v) is 5.64. The normalized spacial score (nSPS) is 12.4. The molecule has 1 aromatic carbocycles. The predicted molar refractivity (Wildman–Crippen MR) is 63.6 cm³/mol. The summed E-state index contributed by atoms with van der Waals surface area (Å²) in [6.45, 7) is 0.353. The fraction of sp³-hybridized carbons (Fsp3) is 0.538. The molecular weight excluding hydrogens is 204 g/mol. The van der Waals surface area contributed by atoms with Crippen LogP contribution in [-0.4, -0.2) is 30.5 Å². The third-order valence-electron chi connectivity index (χ3n) is 2.69. The van der Waals surface area contributed by atoms with Crippen LogP contribution in [0.25, 0.3) is 0 Å². The molecular formula is C13H20O3. The highest BCUT2D eigenvalue weighted by molar-refractivity contribution is 5.28. The molecule has 3 nitrogen and oxygen atoms in total. The van der Waals surface area contributed by atoms with E-state index in [2.05, 4.69) is 0 Å². The zero-order valence-corrected chi connectivity index (χ0v) is 9.72. The van der Waals surface area contributed by atoms with Gasteiger partial charge in [-0.1, -0.05) is 12.1 Å². The van der Waals surface area contributed by atoms with Gasteiger partial charge in [0.2, 0.25) is 0 Å². The van der Waals surface area contributed by atoms with Gasteiger partial charge in [0.1, 0.15) is 5.75 Å². The zero-order chi connectivity index (χ0) is 11.8. The van der Waals surface area contributed by atoms with Crippen molar-refractivity contribution >= 4 is 0 Å². The first kappa shape index (κ1) is 13.0. The Morgan fingerprint density at radius 3 is 2.75 bits per heavy atom. The molecule has 0 heterocycles. The van der Waals surface area contributed by atoms with Crippen molar-refractivity contribution in [2.45, 2.75) is 19.3 Å². The molecule has 0 spiro atoms. The minimum absolute atomic E-state index is 0.164. The summed E-state index contributed by atoms with van der Waals surface area (Å²) in [6.07, 6.45) is 2.42. The van der Waals surface area contributed by atoms with Gasteiger partial charge in [-0.2, -0.15) is 0 Å². The molecule has 1 atom stereocenters. The van der Waals surface area contributed by atoms with E-state index in [1.54, 1.807) is 7.11 Å². The van der Waals surface area contributed by atoms with E-state index in [1.807, 2.05) is 24.3 Å². The summed E-state index contributed by atoms with van der Waals surface area (Å²) < 4.78 is 5.15. The van der Waals surface area contributed by atoms with E-state index in [9.17, 15) is 5.11 Å². The topological polar surface area (TPSA) is 49.7 Å². The number of benzene rings is 1. The van der Waals surface area contributed by atoms with Gasteiger partial charge in [0.15, 0.2) is 0 Å². The molecule has 1 rings (SSSR count). The lowest BCUT2D eigenvalue weighted by molar-refractivity contribution is 0.201. The Morgan fingerprint density at radius 2 is 2.12 bits per heavy atom. The highest BCUT2D eigenvalue weighted by Gasteiger charge is 2.08. The number of aliphatic hydroxyl groups is 2. The van der Waals surface area contributed by atoms with Crippen molar-refractivity contribution in [1.82, 2.24) is 0 Å². The maximum atomic E-state index is 9.23. The summed E-state index contributed by atoms with van der Waals surface area (Å²) in [5.41, 5.74) is 1.16. The van der Waals surface area contributed by atoms with Gasteiger partial charge in [-0.05, 0) is 42.9 Å². The molecule has 0 aliphatic heterocycles. The first-order chi connectivity index (χ1) is 7.80. The Morgan fingerprint density at radius 1 is 1.31 bits per heavy atom. The van der Waals surface area contributed by atoms with E-state index in [4.69, 9.17) is 9.84 Å². The van der Waals surface area contributed by atoms with Crippen LogP contribution in [0.3, 0.4) is 0 Å². The summed E-state index contributed by atoms with van der Waals surface area (Å²) in [4.78, 5) is 0. The van der Waals surface area contributed by atoms with Gasteiger partial charge in [0.25, 0.3) is 0 Å². The molecule has 0 bridgehead atoms. The molecule has 1 unspecified atom stereocenters. The van der Waals surface area contributed by atoms with Crippen molar-refractivity contribution in [3.8, 4) is 5.75 Å². The maximum Gasteiger partial charge on any atom is 0.119 e. The summed E-state index contributed by atoms with van der Waals surface area (Å²) in [5.74, 6) is 1.07. The highest BCUT2D eigenvalue weighted by atomic mass is 16.5. The quantitative estimate of drug-likeness (QED) is 0.740.